The van der Waals surface area contributed by atoms with Gasteiger partial charge in [-0.05, 0) is 23.8 Å². The summed E-state index contributed by atoms with van der Waals surface area (Å²) < 4.78 is 13.2. The van der Waals surface area contributed by atoms with E-state index in [1.165, 1.54) is 0 Å². The highest BCUT2D eigenvalue weighted by Crippen LogP contribution is 2.26. The van der Waals surface area contributed by atoms with Crippen molar-refractivity contribution in [1.82, 2.24) is 9.47 Å². The first-order valence-electron chi connectivity index (χ1n) is 9.30. The average molecular weight is 364 g/mol. The number of hydrogen-bond donors (Lipinski definition) is 0. The summed E-state index contributed by atoms with van der Waals surface area (Å²) in [7, 11) is 1.70. The molecular weight excluding hydrogens is 340 g/mol. The number of hydrogen-bond acceptors (Lipinski definition) is 3. The molecule has 2 aromatic carbocycles. The van der Waals surface area contributed by atoms with Gasteiger partial charge in [0.15, 0.2) is 0 Å². The van der Waals surface area contributed by atoms with Crippen LogP contribution in [0.15, 0.2) is 60.8 Å². The van der Waals surface area contributed by atoms with E-state index >= 15 is 0 Å². The van der Waals surface area contributed by atoms with Crippen LogP contribution in [0.5, 0.6) is 0 Å². The van der Waals surface area contributed by atoms with E-state index in [0.29, 0.717) is 26.3 Å². The fourth-order valence-corrected chi connectivity index (χ4v) is 3.67. The van der Waals surface area contributed by atoms with Crippen molar-refractivity contribution in [3.8, 4) is 0 Å². The van der Waals surface area contributed by atoms with Gasteiger partial charge in [-0.2, -0.15) is 0 Å². The van der Waals surface area contributed by atoms with Gasteiger partial charge >= 0.3 is 0 Å². The van der Waals surface area contributed by atoms with Crippen LogP contribution in [0.2, 0.25) is 0 Å². The molecule has 5 heteroatoms. The van der Waals surface area contributed by atoms with Crippen LogP contribution in [-0.2, 0) is 16.0 Å². The Morgan fingerprint density at radius 2 is 2.00 bits per heavy atom. The first-order valence-corrected chi connectivity index (χ1v) is 9.30. The predicted molar refractivity (Wildman–Crippen MR) is 105 cm³/mol. The second-order valence-corrected chi connectivity index (χ2v) is 6.76. The maximum absolute atomic E-state index is 13.3. The number of nitrogens with zero attached hydrogens (tertiary/aromatic N) is 2. The summed E-state index contributed by atoms with van der Waals surface area (Å²) in [6, 6.07) is 18.0. The van der Waals surface area contributed by atoms with Gasteiger partial charge in [0, 0.05) is 42.9 Å². The highest BCUT2D eigenvalue weighted by molar-refractivity contribution is 6.06. The van der Waals surface area contributed by atoms with Gasteiger partial charge in [0.2, 0.25) is 0 Å². The molecule has 1 aliphatic rings. The van der Waals surface area contributed by atoms with Gasteiger partial charge in [-0.25, -0.2) is 0 Å². The van der Waals surface area contributed by atoms with Crippen LogP contribution in [0.25, 0.3) is 10.9 Å². The Hall–Kier alpha value is -2.63. The normalized spacial score (nSPS) is 17.4. The van der Waals surface area contributed by atoms with Crippen LogP contribution in [0, 0.1) is 0 Å². The molecule has 1 saturated heterocycles. The van der Waals surface area contributed by atoms with Crippen LogP contribution in [0.3, 0.4) is 0 Å². The Morgan fingerprint density at radius 1 is 1.15 bits per heavy atom. The van der Waals surface area contributed by atoms with E-state index in [9.17, 15) is 4.79 Å². The molecular formula is C22H24N2O3. The van der Waals surface area contributed by atoms with Gasteiger partial charge in [-0.1, -0.05) is 36.4 Å². The van der Waals surface area contributed by atoms with Gasteiger partial charge in [0.05, 0.1) is 19.8 Å². The Labute approximate surface area is 159 Å². The van der Waals surface area contributed by atoms with Crippen molar-refractivity contribution in [2.24, 2.45) is 0 Å². The number of morpholine rings is 1. The van der Waals surface area contributed by atoms with E-state index in [1.54, 1.807) is 7.11 Å². The molecule has 1 aliphatic heterocycles. The molecule has 5 nitrogen and oxygen atoms in total. The molecule has 0 saturated carbocycles. The van der Waals surface area contributed by atoms with Gasteiger partial charge in [-0.15, -0.1) is 0 Å². The van der Waals surface area contributed by atoms with Gasteiger partial charge in [-0.3, -0.25) is 4.79 Å². The van der Waals surface area contributed by atoms with E-state index in [0.717, 1.165) is 28.6 Å². The van der Waals surface area contributed by atoms with E-state index in [4.69, 9.17) is 9.47 Å². The second-order valence-electron chi connectivity index (χ2n) is 6.76. The standard InChI is InChI=1S/C22H24N2O3/c1-26-14-12-23-11-10-18-19(8-5-9-20(18)23)22(25)24-13-15-27-21(16-24)17-6-3-2-4-7-17/h2-11,21H,12-16H2,1H3/t21-/m1/s1. The fraction of sp³-hybridized carbons (Fsp3) is 0.318. The van der Waals surface area contributed by atoms with E-state index in [2.05, 4.69) is 16.7 Å². The first-order chi connectivity index (χ1) is 13.3. The van der Waals surface area contributed by atoms with Crippen molar-refractivity contribution in [3.05, 3.63) is 71.9 Å². The second kappa shape index (κ2) is 7.94. The van der Waals surface area contributed by atoms with Crippen LogP contribution in [0.4, 0.5) is 0 Å². The number of fused-ring (bicyclic) bond motifs is 1. The van der Waals surface area contributed by atoms with Crippen LogP contribution in [-0.4, -0.2) is 48.8 Å². The maximum Gasteiger partial charge on any atom is 0.254 e. The van der Waals surface area contributed by atoms with E-state index in [-0.39, 0.29) is 12.0 Å². The molecule has 0 aliphatic carbocycles. The minimum absolute atomic E-state index is 0.0642. The van der Waals surface area contributed by atoms with Crippen LogP contribution in [0.1, 0.15) is 22.0 Å². The number of carbonyl (C=O) groups is 1. The summed E-state index contributed by atoms with van der Waals surface area (Å²) in [6.45, 7) is 3.15. The number of amides is 1. The fourth-order valence-electron chi connectivity index (χ4n) is 3.67. The minimum atomic E-state index is -0.0746. The molecule has 4 rings (SSSR count). The first kappa shape index (κ1) is 17.8. The summed E-state index contributed by atoms with van der Waals surface area (Å²) in [5.74, 6) is 0.0642. The molecule has 1 amide bonds. The molecule has 140 valence electrons. The zero-order valence-electron chi connectivity index (χ0n) is 15.5. The largest absolute Gasteiger partial charge is 0.383 e. The Balaban J connectivity index is 1.58. The van der Waals surface area contributed by atoms with Crippen molar-refractivity contribution in [2.45, 2.75) is 12.6 Å². The van der Waals surface area contributed by atoms with Crippen molar-refractivity contribution < 1.29 is 14.3 Å². The molecule has 27 heavy (non-hydrogen) atoms. The third kappa shape index (κ3) is 3.61. The van der Waals surface area contributed by atoms with E-state index < -0.39 is 0 Å². The zero-order chi connectivity index (χ0) is 18.6. The lowest BCUT2D eigenvalue weighted by molar-refractivity contribution is -0.0227. The topological polar surface area (TPSA) is 43.7 Å². The average Bonchev–Trinajstić information content (AvgIpc) is 3.15. The molecule has 2 heterocycles. The number of benzene rings is 2. The quantitative estimate of drug-likeness (QED) is 0.696. The summed E-state index contributed by atoms with van der Waals surface area (Å²) in [5.41, 5.74) is 2.92. The molecule has 0 spiro atoms. The summed E-state index contributed by atoms with van der Waals surface area (Å²) in [5, 5.41) is 0.987. The van der Waals surface area contributed by atoms with Crippen molar-refractivity contribution in [2.75, 3.05) is 33.4 Å². The van der Waals surface area contributed by atoms with Gasteiger partial charge in [0.1, 0.15) is 6.10 Å². The molecule has 0 unspecified atom stereocenters. The molecule has 3 aromatic rings. The molecule has 1 fully saturated rings. The van der Waals surface area contributed by atoms with Gasteiger partial charge in [0.25, 0.3) is 5.91 Å². The number of ether oxygens (including phenoxy) is 2. The third-order valence-corrected chi connectivity index (χ3v) is 5.11. The summed E-state index contributed by atoms with van der Waals surface area (Å²) in [4.78, 5) is 15.2. The number of rotatable bonds is 5. The molecule has 0 N–H and O–H groups in total. The third-order valence-electron chi connectivity index (χ3n) is 5.11. The number of carbonyl (C=O) groups excluding carboxylic acids is 1. The lowest BCUT2D eigenvalue weighted by Crippen LogP contribution is -2.42. The lowest BCUT2D eigenvalue weighted by Gasteiger charge is -2.33. The number of methoxy groups -OCH3 is 1. The summed E-state index contributed by atoms with van der Waals surface area (Å²) in [6.07, 6.45) is 1.95. The Bertz CT molecular complexity index is 920. The highest BCUT2D eigenvalue weighted by atomic mass is 16.5. The molecule has 0 radical (unpaired) electrons. The molecule has 1 aromatic heterocycles. The predicted octanol–water partition coefficient (Wildman–Crippen LogP) is 3.50. The monoisotopic (exact) mass is 364 g/mol. The lowest BCUT2D eigenvalue weighted by atomic mass is 10.1. The molecule has 0 bridgehead atoms. The van der Waals surface area contributed by atoms with Crippen LogP contribution >= 0.6 is 0 Å². The Morgan fingerprint density at radius 3 is 2.81 bits per heavy atom. The van der Waals surface area contributed by atoms with Crippen molar-refractivity contribution >= 4 is 16.8 Å². The SMILES string of the molecule is COCCn1ccc2c(C(=O)N3CCO[C@@H](c4ccccc4)C3)cccc21. The zero-order valence-corrected chi connectivity index (χ0v) is 15.5. The number of aromatic nitrogens is 1. The van der Waals surface area contributed by atoms with Crippen LogP contribution < -0.4 is 0 Å². The van der Waals surface area contributed by atoms with Crippen molar-refractivity contribution in [3.63, 3.8) is 0 Å². The van der Waals surface area contributed by atoms with Gasteiger partial charge < -0.3 is 18.9 Å². The highest BCUT2D eigenvalue weighted by Gasteiger charge is 2.27. The molecule has 1 atom stereocenters. The smallest absolute Gasteiger partial charge is 0.254 e. The minimum Gasteiger partial charge on any atom is -0.383 e. The maximum atomic E-state index is 13.3. The van der Waals surface area contributed by atoms with E-state index in [1.807, 2.05) is 53.6 Å². The van der Waals surface area contributed by atoms with Crippen molar-refractivity contribution in [1.29, 1.82) is 0 Å². The Kier molecular flexibility index (Phi) is 5.23. The summed E-state index contributed by atoms with van der Waals surface area (Å²) >= 11 is 0.